The van der Waals surface area contributed by atoms with Crippen LogP contribution in [0, 0.1) is 11.8 Å². The molecule has 2 rings (SSSR count). The monoisotopic (exact) mass is 223 g/mol. The van der Waals surface area contributed by atoms with Crippen LogP contribution < -0.4 is 5.73 Å². The van der Waals surface area contributed by atoms with Gasteiger partial charge in [-0.1, -0.05) is 6.92 Å². The minimum Gasteiger partial charge on any atom is -0.327 e. The summed E-state index contributed by atoms with van der Waals surface area (Å²) >= 11 is 1.80. The average Bonchev–Trinajstić information content (AvgIpc) is 2.72. The van der Waals surface area contributed by atoms with E-state index in [4.69, 9.17) is 5.73 Å². The second-order valence-corrected chi connectivity index (χ2v) is 5.79. The predicted octanol–water partition coefficient (Wildman–Crippen LogP) is 3.44. The zero-order chi connectivity index (χ0) is 10.7. The van der Waals surface area contributed by atoms with Gasteiger partial charge in [-0.2, -0.15) is 11.3 Å². The fourth-order valence-corrected chi connectivity index (χ4v) is 3.34. The van der Waals surface area contributed by atoms with Crippen molar-refractivity contribution in [1.82, 2.24) is 0 Å². The molecule has 1 fully saturated rings. The number of thiophene rings is 1. The normalized spacial score (nSPS) is 31.7. The van der Waals surface area contributed by atoms with Crippen molar-refractivity contribution in [3.8, 4) is 0 Å². The van der Waals surface area contributed by atoms with Gasteiger partial charge in [0.05, 0.1) is 0 Å². The van der Waals surface area contributed by atoms with Gasteiger partial charge in [-0.25, -0.2) is 0 Å². The number of aryl methyl sites for hydroxylation is 1. The van der Waals surface area contributed by atoms with Crippen molar-refractivity contribution in [2.24, 2.45) is 17.6 Å². The molecule has 1 nitrogen and oxygen atoms in total. The molecule has 1 aliphatic rings. The van der Waals surface area contributed by atoms with Crippen LogP contribution in [0.3, 0.4) is 0 Å². The van der Waals surface area contributed by atoms with E-state index in [1.165, 1.54) is 37.7 Å². The second kappa shape index (κ2) is 5.13. The Bertz CT molecular complexity index is 281. The molecular weight excluding hydrogens is 202 g/mol. The molecule has 1 saturated carbocycles. The zero-order valence-corrected chi connectivity index (χ0v) is 10.3. The van der Waals surface area contributed by atoms with Crippen molar-refractivity contribution in [1.29, 1.82) is 0 Å². The van der Waals surface area contributed by atoms with Gasteiger partial charge in [0.15, 0.2) is 0 Å². The maximum atomic E-state index is 6.18. The van der Waals surface area contributed by atoms with Gasteiger partial charge in [-0.3, -0.25) is 0 Å². The lowest BCUT2D eigenvalue weighted by Crippen LogP contribution is -2.35. The molecule has 1 aromatic rings. The van der Waals surface area contributed by atoms with Crippen molar-refractivity contribution in [2.45, 2.75) is 45.1 Å². The molecule has 1 aliphatic carbocycles. The van der Waals surface area contributed by atoms with Gasteiger partial charge >= 0.3 is 0 Å². The van der Waals surface area contributed by atoms with Crippen molar-refractivity contribution < 1.29 is 0 Å². The highest BCUT2D eigenvalue weighted by Gasteiger charge is 2.25. The van der Waals surface area contributed by atoms with Crippen LogP contribution >= 0.6 is 11.3 Å². The summed E-state index contributed by atoms with van der Waals surface area (Å²) in [6, 6.07) is 2.70. The van der Waals surface area contributed by atoms with Crippen LogP contribution in [0.2, 0.25) is 0 Å². The van der Waals surface area contributed by atoms with Gasteiger partial charge in [0, 0.05) is 6.04 Å². The first-order valence-corrected chi connectivity index (χ1v) is 6.96. The topological polar surface area (TPSA) is 26.0 Å². The van der Waals surface area contributed by atoms with Crippen LogP contribution in [0.4, 0.5) is 0 Å². The Balaban J connectivity index is 1.82. The summed E-state index contributed by atoms with van der Waals surface area (Å²) in [7, 11) is 0. The lowest BCUT2D eigenvalue weighted by atomic mass is 9.77. The van der Waals surface area contributed by atoms with E-state index in [-0.39, 0.29) is 0 Å². The summed E-state index contributed by atoms with van der Waals surface area (Å²) in [6.45, 7) is 2.36. The molecule has 0 radical (unpaired) electrons. The number of rotatable bonds is 3. The van der Waals surface area contributed by atoms with E-state index in [9.17, 15) is 0 Å². The highest BCUT2D eigenvalue weighted by Crippen LogP contribution is 2.31. The summed E-state index contributed by atoms with van der Waals surface area (Å²) < 4.78 is 0. The molecule has 0 saturated heterocycles. The summed E-state index contributed by atoms with van der Waals surface area (Å²) in [5.41, 5.74) is 7.67. The molecule has 0 bridgehead atoms. The van der Waals surface area contributed by atoms with E-state index >= 15 is 0 Å². The summed E-state index contributed by atoms with van der Waals surface area (Å²) in [5.74, 6) is 1.64. The molecule has 3 unspecified atom stereocenters. The van der Waals surface area contributed by atoms with Gasteiger partial charge < -0.3 is 5.73 Å². The van der Waals surface area contributed by atoms with Gasteiger partial charge in [0.1, 0.15) is 0 Å². The number of hydrogen-bond donors (Lipinski definition) is 1. The lowest BCUT2D eigenvalue weighted by molar-refractivity contribution is 0.234. The molecular formula is C13H21NS. The Hall–Kier alpha value is -0.340. The molecule has 1 aromatic heterocycles. The fraction of sp³-hybridized carbons (Fsp3) is 0.692. The molecule has 0 amide bonds. The highest BCUT2D eigenvalue weighted by atomic mass is 32.1. The number of hydrogen-bond acceptors (Lipinski definition) is 2. The maximum Gasteiger partial charge on any atom is 0.00674 e. The second-order valence-electron chi connectivity index (χ2n) is 5.01. The largest absolute Gasteiger partial charge is 0.327 e. The third-order valence-electron chi connectivity index (χ3n) is 3.69. The molecule has 1 heterocycles. The molecule has 84 valence electrons. The van der Waals surface area contributed by atoms with Gasteiger partial charge in [0.2, 0.25) is 0 Å². The first-order chi connectivity index (χ1) is 7.25. The first kappa shape index (κ1) is 11.2. The molecule has 15 heavy (non-hydrogen) atoms. The van der Waals surface area contributed by atoms with E-state index in [2.05, 4.69) is 23.8 Å². The standard InChI is InChI=1S/C13H21NS/c1-10-2-5-13(14)12(8-10)4-3-11-6-7-15-9-11/h6-7,9-10,12-13H,2-5,8,14H2,1H3. The Kier molecular flexibility index (Phi) is 3.81. The van der Waals surface area contributed by atoms with E-state index in [1.54, 1.807) is 11.3 Å². The van der Waals surface area contributed by atoms with Crippen molar-refractivity contribution >= 4 is 11.3 Å². The summed E-state index contributed by atoms with van der Waals surface area (Å²) in [4.78, 5) is 0. The summed E-state index contributed by atoms with van der Waals surface area (Å²) in [5, 5.41) is 4.43. The predicted molar refractivity (Wildman–Crippen MR) is 67.1 cm³/mol. The Labute approximate surface area is 96.7 Å². The maximum absolute atomic E-state index is 6.18. The van der Waals surface area contributed by atoms with Crippen LogP contribution in [0.25, 0.3) is 0 Å². The SMILES string of the molecule is CC1CCC(N)C(CCc2ccsc2)C1. The third kappa shape index (κ3) is 3.05. The quantitative estimate of drug-likeness (QED) is 0.834. The minimum atomic E-state index is 0.458. The highest BCUT2D eigenvalue weighted by molar-refractivity contribution is 7.07. The molecule has 2 N–H and O–H groups in total. The van der Waals surface area contributed by atoms with E-state index in [0.717, 1.165) is 11.8 Å². The third-order valence-corrected chi connectivity index (χ3v) is 4.42. The van der Waals surface area contributed by atoms with Crippen molar-refractivity contribution in [3.05, 3.63) is 22.4 Å². The average molecular weight is 223 g/mol. The first-order valence-electron chi connectivity index (χ1n) is 6.02. The Morgan fingerprint density at radius 1 is 1.47 bits per heavy atom. The van der Waals surface area contributed by atoms with Crippen LogP contribution in [-0.4, -0.2) is 6.04 Å². The Morgan fingerprint density at radius 3 is 3.07 bits per heavy atom. The van der Waals surface area contributed by atoms with Gasteiger partial charge in [-0.15, -0.1) is 0 Å². The van der Waals surface area contributed by atoms with Gasteiger partial charge in [-0.05, 0) is 66.3 Å². The van der Waals surface area contributed by atoms with Crippen molar-refractivity contribution in [3.63, 3.8) is 0 Å². The van der Waals surface area contributed by atoms with Crippen molar-refractivity contribution in [2.75, 3.05) is 0 Å². The smallest absolute Gasteiger partial charge is 0.00674 e. The summed E-state index contributed by atoms with van der Waals surface area (Å²) in [6.07, 6.45) is 6.40. The van der Waals surface area contributed by atoms with Crippen LogP contribution in [0.5, 0.6) is 0 Å². The van der Waals surface area contributed by atoms with E-state index < -0.39 is 0 Å². The molecule has 3 atom stereocenters. The number of nitrogens with two attached hydrogens (primary N) is 1. The van der Waals surface area contributed by atoms with E-state index in [0.29, 0.717) is 6.04 Å². The molecule has 0 aliphatic heterocycles. The molecule has 0 aromatic carbocycles. The lowest BCUT2D eigenvalue weighted by Gasteiger charge is -2.32. The van der Waals surface area contributed by atoms with Crippen LogP contribution in [0.15, 0.2) is 16.8 Å². The molecule has 2 heteroatoms. The van der Waals surface area contributed by atoms with Crippen LogP contribution in [-0.2, 0) is 6.42 Å². The fourth-order valence-electron chi connectivity index (χ4n) is 2.64. The van der Waals surface area contributed by atoms with Crippen LogP contribution in [0.1, 0.15) is 38.2 Å². The molecule has 0 spiro atoms. The van der Waals surface area contributed by atoms with E-state index in [1.807, 2.05) is 0 Å². The Morgan fingerprint density at radius 2 is 2.33 bits per heavy atom. The zero-order valence-electron chi connectivity index (χ0n) is 9.49. The minimum absolute atomic E-state index is 0.458. The van der Waals surface area contributed by atoms with Gasteiger partial charge in [0.25, 0.3) is 0 Å².